The Hall–Kier alpha value is -3.26. The lowest BCUT2D eigenvalue weighted by atomic mass is 10.1. The molecule has 1 fully saturated rings. The molecule has 7 nitrogen and oxygen atoms in total. The van der Waals surface area contributed by atoms with E-state index >= 15 is 0 Å². The van der Waals surface area contributed by atoms with E-state index in [0.29, 0.717) is 23.7 Å². The minimum atomic E-state index is -0.625. The summed E-state index contributed by atoms with van der Waals surface area (Å²) in [5, 5.41) is -0.508. The van der Waals surface area contributed by atoms with E-state index in [2.05, 4.69) is 0 Å². The summed E-state index contributed by atoms with van der Waals surface area (Å²) in [6.07, 6.45) is 1.26. The zero-order chi connectivity index (χ0) is 22.4. The van der Waals surface area contributed by atoms with E-state index in [0.717, 1.165) is 22.2 Å². The molecule has 31 heavy (non-hydrogen) atoms. The van der Waals surface area contributed by atoms with Gasteiger partial charge in [-0.3, -0.25) is 19.3 Å². The van der Waals surface area contributed by atoms with Crippen molar-refractivity contribution < 1.29 is 28.6 Å². The lowest BCUT2D eigenvalue weighted by Gasteiger charge is -2.13. The number of imide groups is 1. The van der Waals surface area contributed by atoms with Gasteiger partial charge in [0.2, 0.25) is 0 Å². The van der Waals surface area contributed by atoms with Crippen molar-refractivity contribution in [3.8, 4) is 11.5 Å². The van der Waals surface area contributed by atoms with Gasteiger partial charge in [-0.15, -0.1) is 0 Å². The molecule has 0 atom stereocenters. The van der Waals surface area contributed by atoms with Crippen LogP contribution in [0.5, 0.6) is 11.5 Å². The van der Waals surface area contributed by atoms with Crippen LogP contribution in [0.25, 0.3) is 6.08 Å². The maximum absolute atomic E-state index is 12.6. The van der Waals surface area contributed by atoms with Crippen LogP contribution in [0.15, 0.2) is 53.4 Å². The Morgan fingerprint density at radius 1 is 1.10 bits per heavy atom. The number of carbonyl (C=O) groups is 3. The number of hydrogen-bond donors (Lipinski definition) is 0. The number of amides is 2. The third-order valence-electron chi connectivity index (χ3n) is 4.25. The van der Waals surface area contributed by atoms with Gasteiger partial charge >= 0.3 is 5.97 Å². The van der Waals surface area contributed by atoms with Gasteiger partial charge in [0.25, 0.3) is 11.1 Å². The molecule has 1 heterocycles. The van der Waals surface area contributed by atoms with Gasteiger partial charge in [-0.2, -0.15) is 0 Å². The molecule has 0 saturated carbocycles. The van der Waals surface area contributed by atoms with E-state index < -0.39 is 23.7 Å². The van der Waals surface area contributed by atoms with Gasteiger partial charge in [0.1, 0.15) is 13.2 Å². The van der Waals surface area contributed by atoms with Crippen LogP contribution in [-0.4, -0.2) is 41.8 Å². The number of esters is 1. The summed E-state index contributed by atoms with van der Waals surface area (Å²) in [7, 11) is 1.53. The zero-order valence-corrected chi connectivity index (χ0v) is 18.3. The Morgan fingerprint density at radius 3 is 2.52 bits per heavy atom. The molecule has 3 rings (SSSR count). The minimum Gasteiger partial charge on any atom is -0.493 e. The highest BCUT2D eigenvalue weighted by Crippen LogP contribution is 2.34. The van der Waals surface area contributed by atoms with Crippen molar-refractivity contribution in [1.82, 2.24) is 4.90 Å². The molecule has 0 unspecified atom stereocenters. The van der Waals surface area contributed by atoms with Gasteiger partial charge in [0.15, 0.2) is 11.5 Å². The van der Waals surface area contributed by atoms with Crippen LogP contribution in [0.4, 0.5) is 4.79 Å². The maximum atomic E-state index is 12.6. The van der Waals surface area contributed by atoms with Crippen molar-refractivity contribution >= 4 is 35.0 Å². The summed E-state index contributed by atoms with van der Waals surface area (Å²) in [5.74, 6) is -0.0864. The molecule has 1 aliphatic heterocycles. The Morgan fingerprint density at radius 2 is 1.84 bits per heavy atom. The summed E-state index contributed by atoms with van der Waals surface area (Å²) in [5.41, 5.74) is 1.69. The number of carbonyl (C=O) groups excluding carboxylic acids is 3. The van der Waals surface area contributed by atoms with Gasteiger partial charge in [-0.25, -0.2) is 0 Å². The Labute approximate surface area is 185 Å². The third kappa shape index (κ3) is 5.88. The standard InChI is InChI=1S/C23H23NO6S/c1-15(2)30-21(25)13-24-22(26)20(31-23(24)27)12-17-9-10-18(19(11-17)28-3)29-14-16-7-5-4-6-8-16/h4-12,15H,13-14H2,1-3H3/b20-12-. The molecule has 2 aromatic rings. The van der Waals surface area contributed by atoms with Crippen molar-refractivity contribution in [3.05, 3.63) is 64.6 Å². The number of thioether (sulfide) groups is 1. The lowest BCUT2D eigenvalue weighted by Crippen LogP contribution is -2.35. The Kier molecular flexibility index (Phi) is 7.36. The van der Waals surface area contributed by atoms with Crippen LogP contribution in [0.3, 0.4) is 0 Å². The van der Waals surface area contributed by atoms with Crippen molar-refractivity contribution in [1.29, 1.82) is 0 Å². The molecule has 0 N–H and O–H groups in total. The molecule has 1 aliphatic rings. The average molecular weight is 442 g/mol. The lowest BCUT2D eigenvalue weighted by molar-refractivity contribution is -0.149. The van der Waals surface area contributed by atoms with Gasteiger partial charge in [0, 0.05) is 0 Å². The number of hydrogen-bond acceptors (Lipinski definition) is 7. The number of rotatable bonds is 8. The summed E-state index contributed by atoms with van der Waals surface area (Å²) >= 11 is 0.781. The molecule has 8 heteroatoms. The number of ether oxygens (including phenoxy) is 3. The summed E-state index contributed by atoms with van der Waals surface area (Å²) < 4.78 is 16.3. The first-order valence-corrected chi connectivity index (χ1v) is 10.5. The fourth-order valence-electron chi connectivity index (χ4n) is 2.85. The second-order valence-corrected chi connectivity index (χ2v) is 7.98. The molecule has 0 radical (unpaired) electrons. The molecule has 162 valence electrons. The highest BCUT2D eigenvalue weighted by atomic mass is 32.2. The average Bonchev–Trinajstić information content (AvgIpc) is 3.00. The largest absolute Gasteiger partial charge is 0.493 e. The van der Waals surface area contributed by atoms with Crippen LogP contribution in [-0.2, 0) is 20.9 Å². The predicted octanol–water partition coefficient (Wildman–Crippen LogP) is 4.26. The Bertz CT molecular complexity index is 1000. The van der Waals surface area contributed by atoms with Gasteiger partial charge in [-0.1, -0.05) is 36.4 Å². The van der Waals surface area contributed by atoms with E-state index in [1.165, 1.54) is 7.11 Å². The van der Waals surface area contributed by atoms with Gasteiger partial charge in [0.05, 0.1) is 18.1 Å². The molecule has 1 saturated heterocycles. The summed E-state index contributed by atoms with van der Waals surface area (Å²) in [6, 6.07) is 15.0. The number of benzene rings is 2. The van der Waals surface area contributed by atoms with Crippen molar-refractivity contribution in [2.45, 2.75) is 26.6 Å². The predicted molar refractivity (Wildman–Crippen MR) is 118 cm³/mol. The van der Waals surface area contributed by atoms with E-state index in [1.54, 1.807) is 38.1 Å². The highest BCUT2D eigenvalue weighted by Gasteiger charge is 2.36. The van der Waals surface area contributed by atoms with E-state index in [9.17, 15) is 14.4 Å². The summed E-state index contributed by atoms with van der Waals surface area (Å²) in [6.45, 7) is 3.39. The second kappa shape index (κ2) is 10.2. The molecule has 0 aliphatic carbocycles. The van der Waals surface area contributed by atoms with Crippen LogP contribution >= 0.6 is 11.8 Å². The molecule has 0 aromatic heterocycles. The fourth-order valence-corrected chi connectivity index (χ4v) is 3.68. The first-order valence-electron chi connectivity index (χ1n) is 9.67. The first-order chi connectivity index (χ1) is 14.9. The van der Waals surface area contributed by atoms with E-state index in [1.807, 2.05) is 30.3 Å². The molecule has 0 spiro atoms. The van der Waals surface area contributed by atoms with E-state index in [4.69, 9.17) is 14.2 Å². The molecule has 0 bridgehead atoms. The number of methoxy groups -OCH3 is 1. The third-order valence-corrected chi connectivity index (χ3v) is 5.16. The quantitative estimate of drug-likeness (QED) is 0.447. The molecule has 2 aromatic carbocycles. The summed E-state index contributed by atoms with van der Waals surface area (Å²) in [4.78, 5) is 37.7. The molecular weight excluding hydrogens is 418 g/mol. The smallest absolute Gasteiger partial charge is 0.326 e. The molecule has 2 amide bonds. The minimum absolute atomic E-state index is 0.224. The van der Waals surface area contributed by atoms with Crippen molar-refractivity contribution in [2.24, 2.45) is 0 Å². The highest BCUT2D eigenvalue weighted by molar-refractivity contribution is 8.18. The van der Waals surface area contributed by atoms with Gasteiger partial charge in [-0.05, 0) is 54.9 Å². The molecular formula is C23H23NO6S. The second-order valence-electron chi connectivity index (χ2n) is 6.99. The fraction of sp³-hybridized carbons (Fsp3) is 0.261. The van der Waals surface area contributed by atoms with Crippen LogP contribution in [0, 0.1) is 0 Å². The van der Waals surface area contributed by atoms with Crippen LogP contribution < -0.4 is 9.47 Å². The Balaban J connectivity index is 1.71. The van der Waals surface area contributed by atoms with E-state index in [-0.39, 0.29) is 11.0 Å². The number of nitrogens with zero attached hydrogens (tertiary/aromatic N) is 1. The maximum Gasteiger partial charge on any atom is 0.326 e. The van der Waals surface area contributed by atoms with Crippen LogP contribution in [0.1, 0.15) is 25.0 Å². The normalized spacial score (nSPS) is 15.0. The van der Waals surface area contributed by atoms with Crippen LogP contribution in [0.2, 0.25) is 0 Å². The topological polar surface area (TPSA) is 82.1 Å². The van der Waals surface area contributed by atoms with Crippen molar-refractivity contribution in [2.75, 3.05) is 13.7 Å². The monoisotopic (exact) mass is 441 g/mol. The SMILES string of the molecule is COc1cc(/C=C2\SC(=O)N(CC(=O)OC(C)C)C2=O)ccc1OCc1ccccc1. The van der Waals surface area contributed by atoms with Crippen molar-refractivity contribution in [3.63, 3.8) is 0 Å². The van der Waals surface area contributed by atoms with Gasteiger partial charge < -0.3 is 14.2 Å². The zero-order valence-electron chi connectivity index (χ0n) is 17.5. The first kappa shape index (κ1) is 22.4.